The second-order valence-corrected chi connectivity index (χ2v) is 6.41. The first-order valence-corrected chi connectivity index (χ1v) is 8.21. The summed E-state index contributed by atoms with van der Waals surface area (Å²) in [5, 5.41) is 3.19. The molecule has 1 aliphatic rings. The van der Waals surface area contributed by atoms with Gasteiger partial charge in [-0.05, 0) is 63.6 Å². The van der Waals surface area contributed by atoms with Crippen molar-refractivity contribution in [2.45, 2.75) is 78.7 Å². The van der Waals surface area contributed by atoms with E-state index in [1.807, 2.05) is 6.92 Å². The van der Waals surface area contributed by atoms with E-state index in [1.165, 1.54) is 36.0 Å². The van der Waals surface area contributed by atoms with Gasteiger partial charge in [0.1, 0.15) is 0 Å². The summed E-state index contributed by atoms with van der Waals surface area (Å²) in [6.07, 6.45) is 7.49. The van der Waals surface area contributed by atoms with Crippen LogP contribution in [0.5, 0.6) is 0 Å². The van der Waals surface area contributed by atoms with Crippen LogP contribution in [0, 0.1) is 27.7 Å². The Bertz CT molecular complexity index is 516. The van der Waals surface area contributed by atoms with Crippen molar-refractivity contribution in [2.24, 2.45) is 0 Å². The Balaban J connectivity index is 1.93. The van der Waals surface area contributed by atoms with E-state index in [2.05, 4.69) is 31.1 Å². The Labute approximate surface area is 128 Å². The summed E-state index contributed by atoms with van der Waals surface area (Å²) in [7, 11) is 0. The molecule has 0 atom stereocenters. The maximum Gasteiger partial charge on any atom is 0.220 e. The van der Waals surface area contributed by atoms with Gasteiger partial charge in [0.15, 0.2) is 0 Å². The lowest BCUT2D eigenvalue weighted by atomic mass is 9.95. The summed E-state index contributed by atoms with van der Waals surface area (Å²) in [4.78, 5) is 16.7. The van der Waals surface area contributed by atoms with E-state index >= 15 is 0 Å². The molecule has 2 rings (SSSR count). The van der Waals surface area contributed by atoms with Gasteiger partial charge in [0, 0.05) is 23.9 Å². The van der Waals surface area contributed by atoms with Crippen LogP contribution in [-0.2, 0) is 11.2 Å². The molecule has 3 heteroatoms. The number of nitrogens with one attached hydrogen (secondary N) is 1. The van der Waals surface area contributed by atoms with Gasteiger partial charge in [0.25, 0.3) is 0 Å². The predicted molar refractivity (Wildman–Crippen MR) is 86.5 cm³/mol. The van der Waals surface area contributed by atoms with Crippen LogP contribution in [0.25, 0.3) is 0 Å². The van der Waals surface area contributed by atoms with Crippen molar-refractivity contribution in [1.29, 1.82) is 0 Å². The van der Waals surface area contributed by atoms with Crippen LogP contribution in [0.2, 0.25) is 0 Å². The van der Waals surface area contributed by atoms with Gasteiger partial charge in [-0.3, -0.25) is 9.78 Å². The molecule has 1 heterocycles. The molecular formula is C18H28N2O. The van der Waals surface area contributed by atoms with Crippen LogP contribution in [0.3, 0.4) is 0 Å². The van der Waals surface area contributed by atoms with Crippen LogP contribution < -0.4 is 5.32 Å². The standard InChI is InChI=1S/C18H28N2O/c1-12-13(2)17(15(4)19-14(12)3)10-11-18(21)20-16-8-6-5-7-9-16/h16H,5-11H2,1-4H3,(H,20,21). The molecule has 1 aromatic heterocycles. The minimum Gasteiger partial charge on any atom is -0.353 e. The highest BCUT2D eigenvalue weighted by molar-refractivity contribution is 5.76. The fourth-order valence-corrected chi connectivity index (χ4v) is 3.33. The molecule has 0 saturated heterocycles. The van der Waals surface area contributed by atoms with Crippen LogP contribution >= 0.6 is 0 Å². The van der Waals surface area contributed by atoms with E-state index < -0.39 is 0 Å². The van der Waals surface area contributed by atoms with Crippen molar-refractivity contribution in [1.82, 2.24) is 10.3 Å². The number of carbonyl (C=O) groups excluding carboxylic acids is 1. The lowest BCUT2D eigenvalue weighted by molar-refractivity contribution is -0.121. The van der Waals surface area contributed by atoms with E-state index in [9.17, 15) is 4.79 Å². The zero-order valence-corrected chi connectivity index (χ0v) is 13.9. The van der Waals surface area contributed by atoms with E-state index in [4.69, 9.17) is 0 Å². The average Bonchev–Trinajstić information content (AvgIpc) is 2.46. The SMILES string of the molecule is Cc1nc(C)c(CCC(=O)NC2CCCCC2)c(C)c1C. The van der Waals surface area contributed by atoms with Crippen LogP contribution in [0.4, 0.5) is 0 Å². The normalized spacial score (nSPS) is 16.0. The van der Waals surface area contributed by atoms with Crippen molar-refractivity contribution >= 4 is 5.91 Å². The highest BCUT2D eigenvalue weighted by atomic mass is 16.1. The molecule has 0 aromatic carbocycles. The third-order valence-electron chi connectivity index (χ3n) is 4.90. The first kappa shape index (κ1) is 16.0. The smallest absolute Gasteiger partial charge is 0.220 e. The van der Waals surface area contributed by atoms with Crippen LogP contribution in [0.15, 0.2) is 0 Å². The predicted octanol–water partition coefficient (Wildman–Crippen LogP) is 3.70. The number of pyridine rings is 1. The van der Waals surface area contributed by atoms with E-state index in [0.29, 0.717) is 12.5 Å². The number of hydrogen-bond acceptors (Lipinski definition) is 2. The monoisotopic (exact) mass is 288 g/mol. The fraction of sp³-hybridized carbons (Fsp3) is 0.667. The Morgan fingerprint density at radius 2 is 1.71 bits per heavy atom. The minimum absolute atomic E-state index is 0.193. The molecule has 0 radical (unpaired) electrons. The van der Waals surface area contributed by atoms with Gasteiger partial charge in [-0.1, -0.05) is 19.3 Å². The third kappa shape index (κ3) is 4.05. The van der Waals surface area contributed by atoms with Gasteiger partial charge in [-0.2, -0.15) is 0 Å². The summed E-state index contributed by atoms with van der Waals surface area (Å²) in [6.45, 7) is 8.36. The molecule has 0 bridgehead atoms. The molecule has 1 aromatic rings. The molecule has 0 aliphatic heterocycles. The van der Waals surface area contributed by atoms with Gasteiger partial charge < -0.3 is 5.32 Å². The second-order valence-electron chi connectivity index (χ2n) is 6.41. The van der Waals surface area contributed by atoms with Crippen molar-refractivity contribution in [3.05, 3.63) is 28.1 Å². The van der Waals surface area contributed by atoms with Crippen molar-refractivity contribution in [3.63, 3.8) is 0 Å². The van der Waals surface area contributed by atoms with Crippen LogP contribution in [0.1, 0.15) is 66.6 Å². The van der Waals surface area contributed by atoms with Gasteiger partial charge in [-0.25, -0.2) is 0 Å². The largest absolute Gasteiger partial charge is 0.353 e. The molecule has 1 aliphatic carbocycles. The number of aromatic nitrogens is 1. The summed E-state index contributed by atoms with van der Waals surface area (Å²) in [5.74, 6) is 0.193. The zero-order valence-electron chi connectivity index (χ0n) is 13.9. The molecule has 116 valence electrons. The number of amides is 1. The lowest BCUT2D eigenvalue weighted by Gasteiger charge is -2.23. The number of carbonyl (C=O) groups is 1. The molecule has 1 N–H and O–H groups in total. The molecule has 1 amide bonds. The molecule has 1 fully saturated rings. The molecule has 0 unspecified atom stereocenters. The fourth-order valence-electron chi connectivity index (χ4n) is 3.33. The van der Waals surface area contributed by atoms with Crippen molar-refractivity contribution < 1.29 is 4.79 Å². The molecule has 21 heavy (non-hydrogen) atoms. The van der Waals surface area contributed by atoms with Crippen molar-refractivity contribution in [3.8, 4) is 0 Å². The van der Waals surface area contributed by atoms with Gasteiger partial charge >= 0.3 is 0 Å². The number of hydrogen-bond donors (Lipinski definition) is 1. The summed E-state index contributed by atoms with van der Waals surface area (Å²) in [5.41, 5.74) is 5.96. The molecule has 1 saturated carbocycles. The summed E-state index contributed by atoms with van der Waals surface area (Å²) in [6, 6.07) is 0.409. The number of rotatable bonds is 4. The van der Waals surface area contributed by atoms with E-state index in [1.54, 1.807) is 0 Å². The maximum atomic E-state index is 12.1. The third-order valence-corrected chi connectivity index (χ3v) is 4.90. The van der Waals surface area contributed by atoms with Crippen LogP contribution in [-0.4, -0.2) is 16.9 Å². The Kier molecular flexibility index (Phi) is 5.38. The average molecular weight is 288 g/mol. The minimum atomic E-state index is 0.193. The maximum absolute atomic E-state index is 12.1. The van der Waals surface area contributed by atoms with E-state index in [0.717, 1.165) is 30.7 Å². The Morgan fingerprint density at radius 3 is 2.38 bits per heavy atom. The number of aryl methyl sites for hydroxylation is 2. The van der Waals surface area contributed by atoms with Gasteiger partial charge in [0.2, 0.25) is 5.91 Å². The van der Waals surface area contributed by atoms with Gasteiger partial charge in [0.05, 0.1) is 0 Å². The van der Waals surface area contributed by atoms with E-state index in [-0.39, 0.29) is 5.91 Å². The Morgan fingerprint density at radius 1 is 1.05 bits per heavy atom. The quantitative estimate of drug-likeness (QED) is 0.918. The highest BCUT2D eigenvalue weighted by Crippen LogP contribution is 2.21. The van der Waals surface area contributed by atoms with Gasteiger partial charge in [-0.15, -0.1) is 0 Å². The van der Waals surface area contributed by atoms with Crippen molar-refractivity contribution in [2.75, 3.05) is 0 Å². The first-order valence-electron chi connectivity index (χ1n) is 8.21. The topological polar surface area (TPSA) is 42.0 Å². The molecule has 3 nitrogen and oxygen atoms in total. The molecular weight excluding hydrogens is 260 g/mol. The zero-order chi connectivity index (χ0) is 15.4. The first-order chi connectivity index (χ1) is 9.99. The second kappa shape index (κ2) is 7.06. The molecule has 0 spiro atoms. The summed E-state index contributed by atoms with van der Waals surface area (Å²) >= 11 is 0. The lowest BCUT2D eigenvalue weighted by Crippen LogP contribution is -2.36. The Hall–Kier alpha value is -1.38. The number of nitrogens with zero attached hydrogens (tertiary/aromatic N) is 1. The highest BCUT2D eigenvalue weighted by Gasteiger charge is 2.16. The summed E-state index contributed by atoms with van der Waals surface area (Å²) < 4.78 is 0.